The maximum atomic E-state index is 9.72. The molecular formula is H2MnO6S2Te. The summed E-state index contributed by atoms with van der Waals surface area (Å²) in [7, 11) is -8.98. The molecule has 0 aromatic carbocycles. The van der Waals surface area contributed by atoms with Gasteiger partial charge in [0.05, 0.1) is 0 Å². The van der Waals surface area contributed by atoms with Crippen LogP contribution < -0.4 is 0 Å². The van der Waals surface area contributed by atoms with Crippen molar-refractivity contribution in [3.63, 3.8) is 0 Å². The molecule has 10 heteroatoms. The molecule has 0 saturated carbocycles. The Hall–Kier alpha value is 1.13. The Balaban J connectivity index is 0. The van der Waals surface area contributed by atoms with Crippen molar-refractivity contribution in [3.05, 3.63) is 0 Å². The third-order valence-corrected chi connectivity index (χ3v) is 10.4. The first-order valence-electron chi connectivity index (χ1n) is 1.37. The van der Waals surface area contributed by atoms with Gasteiger partial charge < -0.3 is 0 Å². The second-order valence-electron chi connectivity index (χ2n) is 0.924. The largest absolute Gasteiger partial charge is 0 e. The van der Waals surface area contributed by atoms with Crippen LogP contribution in [0.25, 0.3) is 0 Å². The standard InChI is InChI=1S/Mn.H2O6S2Te/c;1-7(2,3)9-8(4,5)6/h;(H,1,2,3)(H,4,5,6). The quantitative estimate of drug-likeness (QED) is 0.456. The molecule has 6 nitrogen and oxygen atoms in total. The van der Waals surface area contributed by atoms with E-state index in [9.17, 15) is 16.8 Å². The molecule has 0 aliphatic carbocycles. The summed E-state index contributed by atoms with van der Waals surface area (Å²) >= 11 is -2.78. The number of hydrogen-bond donors (Lipinski definition) is 2. The van der Waals surface area contributed by atoms with E-state index in [-0.39, 0.29) is 17.1 Å². The molecule has 0 spiro atoms. The van der Waals surface area contributed by atoms with Crippen molar-refractivity contribution < 1.29 is 43.0 Å². The van der Waals surface area contributed by atoms with Crippen molar-refractivity contribution in [2.45, 2.75) is 0 Å². The van der Waals surface area contributed by atoms with Gasteiger partial charge in [0.1, 0.15) is 0 Å². The number of rotatable bonds is 2. The fraction of sp³-hybridized carbons (Fsp3) is 0. The summed E-state index contributed by atoms with van der Waals surface area (Å²) < 4.78 is 54.6. The Morgan fingerprint density at radius 1 is 0.900 bits per heavy atom. The van der Waals surface area contributed by atoms with E-state index in [4.69, 9.17) is 9.11 Å². The van der Waals surface area contributed by atoms with Gasteiger partial charge in [0.25, 0.3) is 0 Å². The first kappa shape index (κ1) is 13.7. The van der Waals surface area contributed by atoms with Gasteiger partial charge >= 0.3 is 58.8 Å². The zero-order valence-electron chi connectivity index (χ0n) is 4.13. The van der Waals surface area contributed by atoms with Gasteiger partial charge in [-0.2, -0.15) is 0 Å². The Morgan fingerprint density at radius 2 is 1.10 bits per heavy atom. The molecule has 0 bridgehead atoms. The van der Waals surface area contributed by atoms with E-state index in [2.05, 4.69) is 0 Å². The fourth-order valence-corrected chi connectivity index (χ4v) is 6.56. The summed E-state index contributed by atoms with van der Waals surface area (Å²) in [5.41, 5.74) is 0. The molecule has 63 valence electrons. The van der Waals surface area contributed by atoms with Crippen molar-refractivity contribution in [3.8, 4) is 0 Å². The SMILES string of the molecule is O=S(=O)(O)[Te]S(=O)(=O)O.[Mn]. The number of hydrogen-bond acceptors (Lipinski definition) is 4. The van der Waals surface area contributed by atoms with Crippen molar-refractivity contribution in [2.75, 3.05) is 0 Å². The van der Waals surface area contributed by atoms with Crippen LogP contribution in [0.5, 0.6) is 0 Å². The van der Waals surface area contributed by atoms with E-state index in [1.54, 1.807) is 0 Å². The van der Waals surface area contributed by atoms with E-state index in [1.807, 2.05) is 0 Å². The van der Waals surface area contributed by atoms with Gasteiger partial charge in [-0.1, -0.05) is 0 Å². The minimum absolute atomic E-state index is 0. The topological polar surface area (TPSA) is 109 Å². The predicted molar refractivity (Wildman–Crippen MR) is 28.9 cm³/mol. The fourth-order valence-electron chi connectivity index (χ4n) is 0.109. The molecule has 10 heavy (non-hydrogen) atoms. The molecule has 0 aromatic heterocycles. The minimum Gasteiger partial charge on any atom is 0 e. The predicted octanol–water partition coefficient (Wildman–Crippen LogP) is -1.71. The Bertz CT molecular complexity index is 241. The summed E-state index contributed by atoms with van der Waals surface area (Å²) in [6.07, 6.45) is 0. The molecule has 0 amide bonds. The van der Waals surface area contributed by atoms with Crippen molar-refractivity contribution >= 4 is 32.9 Å². The van der Waals surface area contributed by atoms with E-state index < -0.39 is 32.9 Å². The molecule has 0 atom stereocenters. The van der Waals surface area contributed by atoms with Crippen LogP contribution in [0.4, 0.5) is 0 Å². The zero-order valence-corrected chi connectivity index (χ0v) is 9.27. The van der Waals surface area contributed by atoms with Gasteiger partial charge in [-0.15, -0.1) is 0 Å². The van der Waals surface area contributed by atoms with Crippen LogP contribution in [-0.2, 0) is 31.8 Å². The van der Waals surface area contributed by atoms with Crippen molar-refractivity contribution in [2.24, 2.45) is 0 Å². The molecule has 1 radical (unpaired) electrons. The second-order valence-corrected chi connectivity index (χ2v) is 13.9. The van der Waals surface area contributed by atoms with Crippen molar-refractivity contribution in [1.29, 1.82) is 0 Å². The molecule has 2 N–H and O–H groups in total. The molecule has 0 aliphatic heterocycles. The van der Waals surface area contributed by atoms with Crippen LogP contribution in [0.15, 0.2) is 0 Å². The van der Waals surface area contributed by atoms with Crippen LogP contribution in [0, 0.1) is 0 Å². The minimum atomic E-state index is -4.49. The first-order valence-corrected chi connectivity index (χ1v) is 9.80. The van der Waals surface area contributed by atoms with E-state index in [1.165, 1.54) is 0 Å². The average Bonchev–Trinajstić information content (AvgIpc) is 1.14. The summed E-state index contributed by atoms with van der Waals surface area (Å²) in [4.78, 5) is 0. The Kier molecular flexibility index (Phi) is 5.79. The third kappa shape index (κ3) is 11.9. The van der Waals surface area contributed by atoms with E-state index in [0.717, 1.165) is 0 Å². The van der Waals surface area contributed by atoms with E-state index >= 15 is 0 Å². The van der Waals surface area contributed by atoms with Gasteiger partial charge in [-0.05, 0) is 0 Å². The molecule has 0 unspecified atom stereocenters. The van der Waals surface area contributed by atoms with Gasteiger partial charge in [-0.25, -0.2) is 0 Å². The third-order valence-electron chi connectivity index (χ3n) is 0.172. The van der Waals surface area contributed by atoms with Crippen LogP contribution in [-0.4, -0.2) is 44.1 Å². The maximum absolute atomic E-state index is 9.72. The van der Waals surface area contributed by atoms with Crippen LogP contribution in [0.1, 0.15) is 0 Å². The molecule has 0 aliphatic rings. The van der Waals surface area contributed by atoms with Gasteiger partial charge in [0, 0.05) is 17.1 Å². The second kappa shape index (κ2) is 4.23. The zero-order chi connectivity index (χ0) is 7.71. The first-order chi connectivity index (χ1) is 3.71. The molecule has 0 rings (SSSR count). The average molecular weight is 345 g/mol. The van der Waals surface area contributed by atoms with Crippen LogP contribution >= 0.6 is 0 Å². The van der Waals surface area contributed by atoms with Crippen LogP contribution in [0.3, 0.4) is 0 Å². The van der Waals surface area contributed by atoms with Crippen molar-refractivity contribution in [1.82, 2.24) is 0 Å². The Morgan fingerprint density at radius 3 is 1.10 bits per heavy atom. The molecule has 0 aromatic rings. The Labute approximate surface area is 75.4 Å². The van der Waals surface area contributed by atoms with Gasteiger partial charge in [-0.3, -0.25) is 0 Å². The summed E-state index contributed by atoms with van der Waals surface area (Å²) in [6, 6.07) is 0. The van der Waals surface area contributed by atoms with Gasteiger partial charge in [0.2, 0.25) is 0 Å². The maximum Gasteiger partial charge on any atom is 0 e. The molecule has 0 fully saturated rings. The van der Waals surface area contributed by atoms with Crippen LogP contribution in [0.2, 0.25) is 0 Å². The summed E-state index contributed by atoms with van der Waals surface area (Å²) in [6.45, 7) is 0. The van der Waals surface area contributed by atoms with Gasteiger partial charge in [0.15, 0.2) is 0 Å². The summed E-state index contributed by atoms with van der Waals surface area (Å²) in [5, 5.41) is 0. The van der Waals surface area contributed by atoms with E-state index in [0.29, 0.717) is 0 Å². The molecule has 0 heterocycles. The molecule has 0 saturated heterocycles. The normalized spacial score (nSPS) is 12.2. The monoisotopic (exact) mass is 347 g/mol. The molecular weight excluding hydrogens is 343 g/mol. The summed E-state index contributed by atoms with van der Waals surface area (Å²) in [5.74, 6) is 0. The smallest absolute Gasteiger partial charge is 0 e.